The molecule has 1 N–H and O–H groups in total. The molecular formula is C14H18INO3S. The number of amides is 1. The number of methoxy groups -OCH3 is 1. The van der Waals surface area contributed by atoms with Gasteiger partial charge in [-0.25, -0.2) is 0 Å². The largest absolute Gasteiger partial charge is 0.469 e. The quantitative estimate of drug-likeness (QED) is 0.581. The van der Waals surface area contributed by atoms with E-state index in [4.69, 9.17) is 0 Å². The SMILES string of the molecule is COC(=O)CC(C)SCC(=O)Nc1ccc(I)cc1C. The van der Waals surface area contributed by atoms with Crippen LogP contribution in [0.3, 0.4) is 0 Å². The molecule has 4 nitrogen and oxygen atoms in total. The van der Waals surface area contributed by atoms with Crippen molar-refractivity contribution in [2.24, 2.45) is 0 Å². The van der Waals surface area contributed by atoms with Crippen LogP contribution in [0.1, 0.15) is 18.9 Å². The van der Waals surface area contributed by atoms with Crippen LogP contribution in [0.15, 0.2) is 18.2 Å². The normalized spacial score (nSPS) is 11.8. The van der Waals surface area contributed by atoms with Crippen molar-refractivity contribution in [2.45, 2.75) is 25.5 Å². The highest BCUT2D eigenvalue weighted by Crippen LogP contribution is 2.19. The Morgan fingerprint density at radius 2 is 2.15 bits per heavy atom. The fourth-order valence-electron chi connectivity index (χ4n) is 1.55. The number of carbonyl (C=O) groups excluding carboxylic acids is 2. The van der Waals surface area contributed by atoms with E-state index >= 15 is 0 Å². The number of aryl methyl sites for hydroxylation is 1. The number of nitrogens with one attached hydrogen (secondary N) is 1. The third-order valence-corrected chi connectivity index (χ3v) is 4.48. The summed E-state index contributed by atoms with van der Waals surface area (Å²) in [6.45, 7) is 3.87. The van der Waals surface area contributed by atoms with Gasteiger partial charge in [-0.3, -0.25) is 9.59 Å². The Labute approximate surface area is 137 Å². The van der Waals surface area contributed by atoms with Crippen LogP contribution in [-0.2, 0) is 14.3 Å². The Bertz CT molecular complexity index is 493. The van der Waals surface area contributed by atoms with Crippen LogP contribution in [0.4, 0.5) is 5.69 Å². The van der Waals surface area contributed by atoms with Crippen molar-refractivity contribution >= 4 is 51.9 Å². The second kappa shape index (κ2) is 8.51. The molecule has 1 aromatic carbocycles. The first-order valence-corrected chi connectivity index (χ1v) is 8.29. The second-order valence-electron chi connectivity index (χ2n) is 4.41. The van der Waals surface area contributed by atoms with E-state index in [9.17, 15) is 9.59 Å². The predicted octanol–water partition coefficient (Wildman–Crippen LogP) is 3.22. The summed E-state index contributed by atoms with van der Waals surface area (Å²) >= 11 is 3.68. The highest BCUT2D eigenvalue weighted by atomic mass is 127. The number of esters is 1. The van der Waals surface area contributed by atoms with E-state index < -0.39 is 0 Å². The summed E-state index contributed by atoms with van der Waals surface area (Å²) in [6.07, 6.45) is 0.316. The van der Waals surface area contributed by atoms with Crippen LogP contribution in [0.5, 0.6) is 0 Å². The lowest BCUT2D eigenvalue weighted by Gasteiger charge is -2.11. The van der Waals surface area contributed by atoms with Gasteiger partial charge in [0.05, 0.1) is 19.3 Å². The van der Waals surface area contributed by atoms with Gasteiger partial charge in [0.25, 0.3) is 0 Å². The number of anilines is 1. The van der Waals surface area contributed by atoms with Gasteiger partial charge in [-0.1, -0.05) is 6.92 Å². The number of thioether (sulfide) groups is 1. The van der Waals surface area contributed by atoms with Crippen LogP contribution in [0.2, 0.25) is 0 Å². The molecular weight excluding hydrogens is 389 g/mol. The average Bonchev–Trinajstić information content (AvgIpc) is 2.39. The summed E-state index contributed by atoms with van der Waals surface area (Å²) in [4.78, 5) is 23.0. The third kappa shape index (κ3) is 6.13. The van der Waals surface area contributed by atoms with Crippen molar-refractivity contribution in [2.75, 3.05) is 18.2 Å². The van der Waals surface area contributed by atoms with E-state index in [1.54, 1.807) is 0 Å². The van der Waals surface area contributed by atoms with Crippen molar-refractivity contribution in [3.63, 3.8) is 0 Å². The number of ether oxygens (including phenoxy) is 1. The van der Waals surface area contributed by atoms with Crippen molar-refractivity contribution in [3.8, 4) is 0 Å². The monoisotopic (exact) mass is 407 g/mol. The maximum atomic E-state index is 11.9. The summed E-state index contributed by atoms with van der Waals surface area (Å²) in [7, 11) is 1.37. The van der Waals surface area contributed by atoms with Crippen molar-refractivity contribution < 1.29 is 14.3 Å². The van der Waals surface area contributed by atoms with Gasteiger partial charge >= 0.3 is 5.97 Å². The molecule has 6 heteroatoms. The molecule has 0 aliphatic carbocycles. The molecule has 1 aromatic rings. The van der Waals surface area contributed by atoms with Crippen molar-refractivity contribution in [3.05, 3.63) is 27.3 Å². The highest BCUT2D eigenvalue weighted by molar-refractivity contribution is 14.1. The molecule has 0 heterocycles. The van der Waals surface area contributed by atoms with Crippen LogP contribution >= 0.6 is 34.4 Å². The first kappa shape index (κ1) is 17.3. The van der Waals surface area contributed by atoms with Gasteiger partial charge in [-0.15, -0.1) is 11.8 Å². The summed E-state index contributed by atoms with van der Waals surface area (Å²) in [5.41, 5.74) is 1.87. The lowest BCUT2D eigenvalue weighted by Crippen LogP contribution is -2.17. The third-order valence-electron chi connectivity index (χ3n) is 2.64. The van der Waals surface area contributed by atoms with Gasteiger partial charge in [0.2, 0.25) is 5.91 Å². The van der Waals surface area contributed by atoms with E-state index in [2.05, 4.69) is 32.6 Å². The molecule has 1 amide bonds. The molecule has 0 aliphatic heterocycles. The summed E-state index contributed by atoms with van der Waals surface area (Å²) in [5.74, 6) is 0.0127. The number of carbonyl (C=O) groups is 2. The van der Waals surface area contributed by atoms with Crippen molar-refractivity contribution in [1.29, 1.82) is 0 Å². The highest BCUT2D eigenvalue weighted by Gasteiger charge is 2.12. The second-order valence-corrected chi connectivity index (χ2v) is 7.08. The fourth-order valence-corrected chi connectivity index (χ4v) is 2.96. The zero-order chi connectivity index (χ0) is 15.1. The average molecular weight is 407 g/mol. The summed E-state index contributed by atoms with van der Waals surface area (Å²) in [6, 6.07) is 5.87. The molecule has 1 unspecified atom stereocenters. The molecule has 0 radical (unpaired) electrons. The molecule has 0 saturated carbocycles. The maximum absolute atomic E-state index is 11.9. The number of hydrogen-bond acceptors (Lipinski definition) is 4. The first-order valence-electron chi connectivity index (χ1n) is 6.16. The Balaban J connectivity index is 2.42. The van der Waals surface area contributed by atoms with Crippen LogP contribution in [0.25, 0.3) is 0 Å². The van der Waals surface area contributed by atoms with Gasteiger partial charge in [-0.2, -0.15) is 0 Å². The van der Waals surface area contributed by atoms with Gasteiger partial charge in [0.15, 0.2) is 0 Å². The summed E-state index contributed by atoms with van der Waals surface area (Å²) < 4.78 is 5.73. The number of benzene rings is 1. The van der Waals surface area contributed by atoms with Crippen LogP contribution in [-0.4, -0.2) is 30.0 Å². The van der Waals surface area contributed by atoms with E-state index in [0.29, 0.717) is 12.2 Å². The molecule has 0 spiro atoms. The van der Waals surface area contributed by atoms with E-state index in [1.165, 1.54) is 18.9 Å². The molecule has 0 aromatic heterocycles. The maximum Gasteiger partial charge on any atom is 0.306 e. The molecule has 0 saturated heterocycles. The van der Waals surface area contributed by atoms with E-state index in [0.717, 1.165) is 14.8 Å². The minimum atomic E-state index is -0.251. The molecule has 1 atom stereocenters. The lowest BCUT2D eigenvalue weighted by atomic mass is 10.2. The Hall–Kier alpha value is -0.760. The predicted molar refractivity (Wildman–Crippen MR) is 91.1 cm³/mol. The standard InChI is InChI=1S/C14H18INO3S/c1-9-6-11(15)4-5-12(9)16-13(17)8-20-10(2)7-14(18)19-3/h4-6,10H,7-8H2,1-3H3,(H,16,17). The number of halogens is 1. The van der Waals surface area contributed by atoms with E-state index in [1.807, 2.05) is 32.0 Å². The zero-order valence-corrected chi connectivity index (χ0v) is 14.7. The van der Waals surface area contributed by atoms with Gasteiger partial charge < -0.3 is 10.1 Å². The van der Waals surface area contributed by atoms with E-state index in [-0.39, 0.29) is 17.1 Å². The molecule has 1 rings (SSSR count). The smallest absolute Gasteiger partial charge is 0.306 e. The fraction of sp³-hybridized carbons (Fsp3) is 0.429. The van der Waals surface area contributed by atoms with Crippen LogP contribution < -0.4 is 5.32 Å². The zero-order valence-electron chi connectivity index (χ0n) is 11.7. The lowest BCUT2D eigenvalue weighted by molar-refractivity contribution is -0.140. The topological polar surface area (TPSA) is 55.4 Å². The Morgan fingerprint density at radius 3 is 2.75 bits per heavy atom. The van der Waals surface area contributed by atoms with Gasteiger partial charge in [-0.05, 0) is 53.3 Å². The molecule has 0 fully saturated rings. The molecule has 110 valence electrons. The minimum absolute atomic E-state index is 0.0592. The van der Waals surface area contributed by atoms with Gasteiger partial charge in [0.1, 0.15) is 0 Å². The first-order chi connectivity index (χ1) is 9.42. The van der Waals surface area contributed by atoms with Gasteiger partial charge in [0, 0.05) is 14.5 Å². The van der Waals surface area contributed by atoms with Crippen molar-refractivity contribution in [1.82, 2.24) is 0 Å². The molecule has 20 heavy (non-hydrogen) atoms. The minimum Gasteiger partial charge on any atom is -0.469 e. The number of hydrogen-bond donors (Lipinski definition) is 1. The van der Waals surface area contributed by atoms with Crippen LogP contribution in [0, 0.1) is 10.5 Å². The number of rotatable bonds is 6. The summed E-state index contributed by atoms with van der Waals surface area (Å²) in [5, 5.41) is 2.94. The Kier molecular flexibility index (Phi) is 7.36. The molecule has 0 bridgehead atoms. The molecule has 0 aliphatic rings. The Morgan fingerprint density at radius 1 is 1.45 bits per heavy atom.